The van der Waals surface area contributed by atoms with Crippen LogP contribution in [0.5, 0.6) is 0 Å². The number of hydrogen-bond acceptors (Lipinski definition) is 14. The third kappa shape index (κ3) is 5.23. The van der Waals surface area contributed by atoms with Crippen molar-refractivity contribution in [1.29, 1.82) is 0 Å². The SMILES string of the molecule is [B]P1(=O)CC[C@H]2O[C@@H](n3cnc4c(N)ccnc43)[C@@H](O)C2OP(O)(=S)CC[C@H]2O[C@@H](n3cnc4c(N)ncnc43)C(F)[C@H]2O1. The number of ether oxygens (including phenoxy) is 2. The second kappa shape index (κ2) is 11.0. The largest absolute Gasteiger partial charge is 0.397 e. The molecule has 3 aliphatic heterocycles. The van der Waals surface area contributed by atoms with Crippen LogP contribution in [0.15, 0.2) is 31.2 Å². The number of fused-ring (bicyclic) bond motifs is 4. The molecule has 232 valence electrons. The molecular formula is C23H27BFN9O7P2S. The molecule has 4 unspecified atom stereocenters. The number of aromatic nitrogens is 7. The standard InChI is InChI=1S/C23H27BFN9O7P2S/c24-42(36)5-2-12-18(16(35)23(39-12)34-8-31-14-10(26)1-4-28-20(14)34)41-43(37,44)6-3-11-17(40-42)13(25)22(38-11)33-9-32-15-19(27)29-7-30-21(15)33/h1,4,7-9,11-13,16-18,22-23,35H,2-3,5-6H2,(H2,26,28)(H,37,44)(H2,27,29,30)/t11-,12-,13?,16+,17+,18?,22-,23-,42?,43?/m1/s1. The maximum atomic E-state index is 16.1. The van der Waals surface area contributed by atoms with E-state index in [-0.39, 0.29) is 42.1 Å². The van der Waals surface area contributed by atoms with Crippen LogP contribution < -0.4 is 11.5 Å². The van der Waals surface area contributed by atoms with Crippen LogP contribution >= 0.6 is 13.7 Å². The van der Waals surface area contributed by atoms with Gasteiger partial charge in [-0.2, -0.15) is 0 Å². The number of nitrogens with two attached hydrogens (primary N) is 2. The van der Waals surface area contributed by atoms with Gasteiger partial charge in [0.05, 0.1) is 30.5 Å². The number of halogens is 1. The van der Waals surface area contributed by atoms with E-state index in [0.717, 1.165) is 0 Å². The fourth-order valence-corrected chi connectivity index (χ4v) is 9.21. The molecule has 3 saturated heterocycles. The lowest BCUT2D eigenvalue weighted by molar-refractivity contribution is -0.0356. The molecule has 4 aromatic heterocycles. The summed E-state index contributed by atoms with van der Waals surface area (Å²) in [5, 5.41) is 11.4. The van der Waals surface area contributed by atoms with Crippen molar-refractivity contribution in [2.45, 2.75) is 62.0 Å². The first-order valence-electron chi connectivity index (χ1n) is 13.6. The molecule has 0 amide bonds. The van der Waals surface area contributed by atoms with Gasteiger partial charge in [0.15, 0.2) is 42.2 Å². The van der Waals surface area contributed by atoms with E-state index in [9.17, 15) is 14.6 Å². The summed E-state index contributed by atoms with van der Waals surface area (Å²) >= 11 is 5.47. The van der Waals surface area contributed by atoms with Crippen LogP contribution in [0.4, 0.5) is 15.9 Å². The molecule has 16 nitrogen and oxygen atoms in total. The second-order valence-electron chi connectivity index (χ2n) is 10.9. The molecule has 0 aliphatic carbocycles. The molecule has 2 radical (unpaired) electrons. The lowest BCUT2D eigenvalue weighted by Gasteiger charge is -2.30. The number of imidazole rings is 2. The molecule has 44 heavy (non-hydrogen) atoms. The Morgan fingerprint density at radius 1 is 0.955 bits per heavy atom. The molecule has 3 fully saturated rings. The van der Waals surface area contributed by atoms with Crippen LogP contribution in [-0.4, -0.2) is 101 Å². The van der Waals surface area contributed by atoms with E-state index in [1.165, 1.54) is 34.3 Å². The molecule has 7 heterocycles. The van der Waals surface area contributed by atoms with Gasteiger partial charge in [0.2, 0.25) is 7.57 Å². The van der Waals surface area contributed by atoms with Gasteiger partial charge in [0.25, 0.3) is 0 Å². The molecular weight excluding hydrogens is 638 g/mol. The van der Waals surface area contributed by atoms with Crippen LogP contribution in [0.3, 0.4) is 0 Å². The van der Waals surface area contributed by atoms with Crippen molar-refractivity contribution in [3.05, 3.63) is 31.2 Å². The predicted octanol–water partition coefficient (Wildman–Crippen LogP) is 1.16. The minimum Gasteiger partial charge on any atom is -0.397 e. The third-order valence-electron chi connectivity index (χ3n) is 8.01. The van der Waals surface area contributed by atoms with Crippen LogP contribution in [0, 0.1) is 0 Å². The minimum atomic E-state index is -3.97. The predicted molar refractivity (Wildman–Crippen MR) is 159 cm³/mol. The summed E-state index contributed by atoms with van der Waals surface area (Å²) in [4.78, 5) is 32.0. The Kier molecular flexibility index (Phi) is 7.54. The topological polar surface area (TPSA) is 221 Å². The van der Waals surface area contributed by atoms with E-state index in [2.05, 4.69) is 24.9 Å². The average molecular weight is 665 g/mol. The first-order chi connectivity index (χ1) is 20.9. The Labute approximate surface area is 255 Å². The quantitative estimate of drug-likeness (QED) is 0.174. The van der Waals surface area contributed by atoms with E-state index in [0.29, 0.717) is 16.9 Å². The van der Waals surface area contributed by atoms with E-state index in [1.807, 2.05) is 0 Å². The smallest absolute Gasteiger partial charge is 0.202 e. The van der Waals surface area contributed by atoms with Crippen LogP contribution in [0.1, 0.15) is 25.3 Å². The van der Waals surface area contributed by atoms with Crippen molar-refractivity contribution in [2.75, 3.05) is 23.8 Å². The number of anilines is 2. The molecule has 21 heteroatoms. The van der Waals surface area contributed by atoms with Gasteiger partial charge in [0, 0.05) is 18.5 Å². The Bertz CT molecular complexity index is 1700. The van der Waals surface area contributed by atoms with Gasteiger partial charge in [-0.1, -0.05) is 0 Å². The molecule has 0 spiro atoms. The zero-order valence-electron chi connectivity index (χ0n) is 22.8. The van der Waals surface area contributed by atoms with Crippen molar-refractivity contribution in [2.24, 2.45) is 0 Å². The van der Waals surface area contributed by atoms with Crippen LogP contribution in [-0.2, 0) is 34.9 Å². The van der Waals surface area contributed by atoms with Gasteiger partial charge >= 0.3 is 0 Å². The van der Waals surface area contributed by atoms with Crippen molar-refractivity contribution < 1.29 is 37.5 Å². The summed E-state index contributed by atoms with van der Waals surface area (Å²) < 4.78 is 56.4. The molecule has 7 rings (SSSR count). The minimum absolute atomic E-state index is 0.0355. The van der Waals surface area contributed by atoms with Crippen molar-refractivity contribution >= 4 is 66.9 Å². The highest BCUT2D eigenvalue weighted by molar-refractivity contribution is 8.09. The van der Waals surface area contributed by atoms with Gasteiger partial charge in [-0.15, -0.1) is 0 Å². The average Bonchev–Trinajstić information content (AvgIpc) is 3.73. The molecule has 6 N–H and O–H groups in total. The molecule has 4 aromatic rings. The number of rotatable bonds is 2. The highest BCUT2D eigenvalue weighted by Gasteiger charge is 2.52. The Balaban J connectivity index is 1.17. The van der Waals surface area contributed by atoms with Crippen LogP contribution in [0.25, 0.3) is 22.3 Å². The van der Waals surface area contributed by atoms with Gasteiger partial charge in [-0.25, -0.2) is 29.3 Å². The van der Waals surface area contributed by atoms with E-state index in [4.69, 9.17) is 49.4 Å². The highest BCUT2D eigenvalue weighted by atomic mass is 32.5. The fourth-order valence-electron chi connectivity index (χ4n) is 5.88. The maximum absolute atomic E-state index is 16.1. The molecule has 3 aliphatic rings. The second-order valence-corrected chi connectivity index (χ2v) is 16.7. The Morgan fingerprint density at radius 3 is 2.41 bits per heavy atom. The Morgan fingerprint density at radius 2 is 1.61 bits per heavy atom. The normalized spacial score (nSPS) is 38.2. The summed E-state index contributed by atoms with van der Waals surface area (Å²) in [6, 6.07) is 1.59. The van der Waals surface area contributed by atoms with Gasteiger partial charge in [-0.05, 0) is 30.7 Å². The summed E-state index contributed by atoms with van der Waals surface area (Å²) in [5.41, 5.74) is 13.5. The van der Waals surface area contributed by atoms with Gasteiger partial charge in [0.1, 0.15) is 42.9 Å². The zero-order valence-corrected chi connectivity index (χ0v) is 25.4. The molecule has 0 saturated carbocycles. The van der Waals surface area contributed by atoms with E-state index < -0.39 is 62.9 Å². The maximum Gasteiger partial charge on any atom is 0.202 e. The fraction of sp³-hybridized carbons (Fsp3) is 0.522. The number of aliphatic hydroxyl groups is 1. The number of pyridine rings is 1. The first kappa shape index (κ1) is 30.1. The summed E-state index contributed by atoms with van der Waals surface area (Å²) in [6.07, 6.45) is -5.03. The number of aliphatic hydroxyl groups excluding tert-OH is 1. The molecule has 0 bridgehead atoms. The van der Waals surface area contributed by atoms with Crippen molar-refractivity contribution in [1.82, 2.24) is 34.1 Å². The summed E-state index contributed by atoms with van der Waals surface area (Å²) in [7, 11) is 2.17. The summed E-state index contributed by atoms with van der Waals surface area (Å²) in [6.45, 7) is -3.61. The van der Waals surface area contributed by atoms with E-state index >= 15 is 4.39 Å². The van der Waals surface area contributed by atoms with Gasteiger partial charge < -0.3 is 44.6 Å². The molecule has 10 atom stereocenters. The highest BCUT2D eigenvalue weighted by Crippen LogP contribution is 2.54. The van der Waals surface area contributed by atoms with Crippen molar-refractivity contribution in [3.63, 3.8) is 0 Å². The zero-order chi connectivity index (χ0) is 31.0. The number of nitrogens with zero attached hydrogens (tertiary/aromatic N) is 7. The monoisotopic (exact) mass is 665 g/mol. The number of nitrogen functional groups attached to an aromatic ring is 2. The molecule has 0 aromatic carbocycles. The number of alkyl halides is 1. The van der Waals surface area contributed by atoms with Gasteiger partial charge in [-0.3, -0.25) is 9.13 Å². The van der Waals surface area contributed by atoms with Crippen LogP contribution in [0.2, 0.25) is 0 Å². The lowest BCUT2D eigenvalue weighted by atomic mass is 10.1. The number of hydrogen-bond donors (Lipinski definition) is 4. The first-order valence-corrected chi connectivity index (χ1v) is 18.4. The Hall–Kier alpha value is -2.60. The summed E-state index contributed by atoms with van der Waals surface area (Å²) in [5.74, 6) is 0.105. The lowest BCUT2D eigenvalue weighted by Crippen LogP contribution is -2.36. The third-order valence-corrected chi connectivity index (χ3v) is 11.7. The van der Waals surface area contributed by atoms with Crippen molar-refractivity contribution in [3.8, 4) is 0 Å². The van der Waals surface area contributed by atoms with E-state index in [1.54, 1.807) is 6.07 Å².